The summed E-state index contributed by atoms with van der Waals surface area (Å²) in [7, 11) is 0. The van der Waals surface area contributed by atoms with Crippen LogP contribution < -0.4 is 32.1 Å². The van der Waals surface area contributed by atoms with E-state index >= 15 is 0 Å². The number of hydrogen-bond acceptors (Lipinski definition) is 6. The topological polar surface area (TPSA) is 134 Å². The van der Waals surface area contributed by atoms with Crippen molar-refractivity contribution in [1.82, 2.24) is 9.55 Å². The number of benzene rings is 2. The molecule has 10 nitrogen and oxygen atoms in total. The molecule has 0 spiro atoms. The first kappa shape index (κ1) is 23.8. The fraction of sp³-hybridized carbons (Fsp3) is 0.280. The highest BCUT2D eigenvalue weighted by atomic mass is 16.2. The monoisotopic (exact) mass is 476 g/mol. The van der Waals surface area contributed by atoms with Gasteiger partial charge in [-0.05, 0) is 31.5 Å². The average Bonchev–Trinajstić information content (AvgIpc) is 2.95. The van der Waals surface area contributed by atoms with Crippen LogP contribution in [0.3, 0.4) is 0 Å². The van der Waals surface area contributed by atoms with Crippen molar-refractivity contribution >= 4 is 34.7 Å². The summed E-state index contributed by atoms with van der Waals surface area (Å²) >= 11 is 0. The highest BCUT2D eigenvalue weighted by molar-refractivity contribution is 6.05. The Balaban J connectivity index is 1.69. The number of aromatic amines is 1. The molecule has 2 aromatic carbocycles. The summed E-state index contributed by atoms with van der Waals surface area (Å²) in [5.74, 6) is -0.498. The molecule has 4 N–H and O–H groups in total. The number of anilines is 4. The summed E-state index contributed by atoms with van der Waals surface area (Å²) in [4.78, 5) is 56.6. The molecule has 10 heteroatoms. The Hall–Kier alpha value is -4.34. The maximum absolute atomic E-state index is 13.6. The fourth-order valence-electron chi connectivity index (χ4n) is 4.36. The van der Waals surface area contributed by atoms with Crippen LogP contribution >= 0.6 is 0 Å². The van der Waals surface area contributed by atoms with Gasteiger partial charge in [0.1, 0.15) is 11.5 Å². The van der Waals surface area contributed by atoms with E-state index in [2.05, 4.69) is 10.3 Å². The second-order valence-electron chi connectivity index (χ2n) is 8.46. The lowest BCUT2D eigenvalue weighted by molar-refractivity contribution is -0.118. The van der Waals surface area contributed by atoms with Crippen molar-refractivity contribution in [3.63, 3.8) is 0 Å². The third-order valence-electron chi connectivity index (χ3n) is 6.05. The van der Waals surface area contributed by atoms with Crippen LogP contribution in [0.5, 0.6) is 0 Å². The second kappa shape index (κ2) is 9.88. The number of hydrogen-bond donors (Lipinski definition) is 3. The molecule has 4 rings (SSSR count). The smallest absolute Gasteiger partial charge is 0.330 e. The summed E-state index contributed by atoms with van der Waals surface area (Å²) in [6, 6.07) is 16.0. The third-order valence-corrected chi connectivity index (χ3v) is 6.05. The van der Waals surface area contributed by atoms with Gasteiger partial charge in [-0.25, -0.2) is 4.79 Å². The number of nitrogens with zero attached hydrogens (tertiary/aromatic N) is 3. The van der Waals surface area contributed by atoms with Crippen molar-refractivity contribution in [1.29, 1.82) is 0 Å². The first-order valence-corrected chi connectivity index (χ1v) is 11.4. The molecule has 3 aromatic rings. The number of para-hydroxylation sites is 2. The highest BCUT2D eigenvalue weighted by Gasteiger charge is 2.31. The van der Waals surface area contributed by atoms with Crippen LogP contribution in [0.4, 0.5) is 22.9 Å². The molecule has 0 unspecified atom stereocenters. The number of H-pyrrole nitrogens is 1. The Morgan fingerprint density at radius 2 is 1.77 bits per heavy atom. The van der Waals surface area contributed by atoms with Gasteiger partial charge in [-0.3, -0.25) is 23.9 Å². The first-order chi connectivity index (χ1) is 16.8. The molecule has 1 aliphatic heterocycles. The van der Waals surface area contributed by atoms with Gasteiger partial charge in [0.2, 0.25) is 11.8 Å². The maximum atomic E-state index is 13.6. The number of nitrogens with two attached hydrogens (primary N) is 1. The van der Waals surface area contributed by atoms with Gasteiger partial charge in [0, 0.05) is 19.0 Å². The molecule has 1 aliphatic rings. The van der Waals surface area contributed by atoms with Crippen LogP contribution in [0.25, 0.3) is 0 Å². The number of likely N-dealkylation sites (N-methyl/N-ethyl adjacent to an activating group) is 1. The molecule has 2 amide bonds. The van der Waals surface area contributed by atoms with Crippen LogP contribution in [0, 0.1) is 0 Å². The van der Waals surface area contributed by atoms with Crippen LogP contribution in [-0.4, -0.2) is 40.5 Å². The lowest BCUT2D eigenvalue weighted by atomic mass is 10.1. The normalized spacial score (nSPS) is 15.2. The summed E-state index contributed by atoms with van der Waals surface area (Å²) in [5, 5.41) is 2.83. The molecule has 0 fully saturated rings. The van der Waals surface area contributed by atoms with E-state index < -0.39 is 17.3 Å². The van der Waals surface area contributed by atoms with Crippen molar-refractivity contribution in [2.24, 2.45) is 0 Å². The molecule has 182 valence electrons. The predicted octanol–water partition coefficient (Wildman–Crippen LogP) is 1.76. The second-order valence-corrected chi connectivity index (χ2v) is 8.46. The zero-order chi connectivity index (χ0) is 25.1. The number of carbonyl (C=O) groups excluding carboxylic acids is 2. The van der Waals surface area contributed by atoms with E-state index in [1.165, 1.54) is 4.57 Å². The van der Waals surface area contributed by atoms with Crippen LogP contribution in [0.15, 0.2) is 64.2 Å². The van der Waals surface area contributed by atoms with Gasteiger partial charge in [-0.2, -0.15) is 0 Å². The van der Waals surface area contributed by atoms with Crippen molar-refractivity contribution in [3.05, 3.63) is 81.0 Å². The van der Waals surface area contributed by atoms with Gasteiger partial charge in [0.05, 0.1) is 24.5 Å². The minimum Gasteiger partial charge on any atom is -0.383 e. The van der Waals surface area contributed by atoms with Crippen LogP contribution in [0.1, 0.15) is 25.8 Å². The molecular weight excluding hydrogens is 448 g/mol. The molecule has 0 saturated heterocycles. The summed E-state index contributed by atoms with van der Waals surface area (Å²) in [6.45, 7) is 3.90. The molecule has 0 saturated carbocycles. The van der Waals surface area contributed by atoms with E-state index in [1.807, 2.05) is 30.3 Å². The summed E-state index contributed by atoms with van der Waals surface area (Å²) in [5.41, 5.74) is 7.08. The number of nitrogen functional groups attached to an aromatic ring is 1. The molecule has 0 radical (unpaired) electrons. The molecular formula is C25H28N6O4. The molecule has 0 bridgehead atoms. The SMILES string of the molecule is CCN(CC(=O)N1c2ccccc2NC(=O)C[C@H]1C)c1c(N)n(Cc2ccccc2)c(=O)[nH]c1=O. The zero-order valence-electron chi connectivity index (χ0n) is 19.7. The molecule has 2 heterocycles. The number of nitrogens with one attached hydrogen (secondary N) is 2. The van der Waals surface area contributed by atoms with Gasteiger partial charge in [-0.1, -0.05) is 42.5 Å². The number of amides is 2. The molecule has 0 aliphatic carbocycles. The van der Waals surface area contributed by atoms with Crippen LogP contribution in [-0.2, 0) is 16.1 Å². The van der Waals surface area contributed by atoms with E-state index in [1.54, 1.807) is 47.9 Å². The van der Waals surface area contributed by atoms with Crippen molar-refractivity contribution in [3.8, 4) is 0 Å². The number of carbonyl (C=O) groups is 2. The number of rotatable bonds is 6. The molecule has 35 heavy (non-hydrogen) atoms. The third kappa shape index (κ3) is 4.81. The van der Waals surface area contributed by atoms with E-state index in [0.717, 1.165) is 5.56 Å². The number of fused-ring (bicyclic) bond motifs is 1. The Kier molecular flexibility index (Phi) is 6.72. The number of aromatic nitrogens is 2. The minimum atomic E-state index is -0.660. The van der Waals surface area contributed by atoms with Gasteiger partial charge in [0.15, 0.2) is 0 Å². The van der Waals surface area contributed by atoms with Gasteiger partial charge < -0.3 is 20.9 Å². The average molecular weight is 477 g/mol. The fourth-order valence-corrected chi connectivity index (χ4v) is 4.36. The summed E-state index contributed by atoms with van der Waals surface area (Å²) < 4.78 is 1.28. The quantitative estimate of drug-likeness (QED) is 0.496. The maximum Gasteiger partial charge on any atom is 0.330 e. The summed E-state index contributed by atoms with van der Waals surface area (Å²) in [6.07, 6.45) is 0.136. The first-order valence-electron chi connectivity index (χ1n) is 11.4. The lowest BCUT2D eigenvalue weighted by Gasteiger charge is -2.31. The van der Waals surface area contributed by atoms with Crippen LogP contribution in [0.2, 0.25) is 0 Å². The minimum absolute atomic E-state index is 0.0154. The van der Waals surface area contributed by atoms with Crippen molar-refractivity contribution in [2.75, 3.05) is 33.9 Å². The highest BCUT2D eigenvalue weighted by Crippen LogP contribution is 2.31. The van der Waals surface area contributed by atoms with Crippen molar-refractivity contribution < 1.29 is 9.59 Å². The largest absolute Gasteiger partial charge is 0.383 e. The Morgan fingerprint density at radius 3 is 2.49 bits per heavy atom. The van der Waals surface area contributed by atoms with Crippen molar-refractivity contribution in [2.45, 2.75) is 32.9 Å². The van der Waals surface area contributed by atoms with Gasteiger partial charge >= 0.3 is 5.69 Å². The molecule has 1 atom stereocenters. The van der Waals surface area contributed by atoms with E-state index in [4.69, 9.17) is 5.73 Å². The van der Waals surface area contributed by atoms with Gasteiger partial charge in [-0.15, -0.1) is 0 Å². The predicted molar refractivity (Wildman–Crippen MR) is 136 cm³/mol. The standard InChI is InChI=1S/C25H28N6O4/c1-3-29(15-21(33)31-16(2)13-20(32)27-18-11-7-8-12-19(18)31)22-23(26)30(25(35)28-24(22)34)14-17-9-5-4-6-10-17/h4-12,16H,3,13-15,26H2,1-2H3,(H,27,32)(H,28,34,35)/t16-/m1/s1. The lowest BCUT2D eigenvalue weighted by Crippen LogP contribution is -2.47. The zero-order valence-corrected chi connectivity index (χ0v) is 19.7. The van der Waals surface area contributed by atoms with E-state index in [0.29, 0.717) is 17.9 Å². The Labute approximate surface area is 202 Å². The Morgan fingerprint density at radius 1 is 1.09 bits per heavy atom. The van der Waals surface area contributed by atoms with Gasteiger partial charge in [0.25, 0.3) is 5.56 Å². The van der Waals surface area contributed by atoms with E-state index in [-0.39, 0.29) is 42.8 Å². The molecule has 1 aromatic heterocycles. The Bertz CT molecular complexity index is 1360. The van der Waals surface area contributed by atoms with E-state index in [9.17, 15) is 19.2 Å².